The van der Waals surface area contributed by atoms with E-state index in [1.165, 1.54) is 20.0 Å². The highest BCUT2D eigenvalue weighted by Gasteiger charge is 2.19. The molecule has 0 aliphatic carbocycles. The molecular weight excluding hydrogens is 178 g/mol. The molecule has 3 nitrogen and oxygen atoms in total. The number of methoxy groups -OCH3 is 1. The van der Waals surface area contributed by atoms with Gasteiger partial charge in [0.15, 0.2) is 0 Å². The first-order valence-electron chi connectivity index (χ1n) is 4.16. The van der Waals surface area contributed by atoms with Gasteiger partial charge in [0.25, 0.3) is 0 Å². The Bertz CT molecular complexity index is 133. The summed E-state index contributed by atoms with van der Waals surface area (Å²) < 4.78 is 4.64. The molecule has 1 saturated heterocycles. The summed E-state index contributed by atoms with van der Waals surface area (Å²) in [6.45, 7) is 0.944. The molecular formula is C8H16ClNO2. The van der Waals surface area contributed by atoms with Crippen LogP contribution in [-0.2, 0) is 9.53 Å². The first kappa shape index (κ1) is 11.7. The van der Waals surface area contributed by atoms with Crippen LogP contribution < -0.4 is 5.32 Å². The van der Waals surface area contributed by atoms with Gasteiger partial charge in [-0.2, -0.15) is 0 Å². The van der Waals surface area contributed by atoms with Gasteiger partial charge in [0, 0.05) is 0 Å². The van der Waals surface area contributed by atoms with E-state index >= 15 is 0 Å². The zero-order chi connectivity index (χ0) is 8.10. The third-order valence-electron chi connectivity index (χ3n) is 2.05. The van der Waals surface area contributed by atoms with Crippen LogP contribution in [0.4, 0.5) is 0 Å². The quantitative estimate of drug-likeness (QED) is 0.635. The average molecular weight is 194 g/mol. The summed E-state index contributed by atoms with van der Waals surface area (Å²) in [5, 5.41) is 3.16. The minimum absolute atomic E-state index is 0. The summed E-state index contributed by atoms with van der Waals surface area (Å²) in [6.07, 6.45) is 4.45. The van der Waals surface area contributed by atoms with E-state index in [0.717, 1.165) is 19.4 Å². The maximum Gasteiger partial charge on any atom is 0.322 e. The molecule has 1 aliphatic rings. The zero-order valence-electron chi connectivity index (χ0n) is 7.34. The Hall–Kier alpha value is -0.280. The number of hydrogen-bond acceptors (Lipinski definition) is 3. The molecule has 0 aromatic heterocycles. The molecule has 72 valence electrons. The van der Waals surface area contributed by atoms with Crippen LogP contribution in [0.15, 0.2) is 0 Å². The highest BCUT2D eigenvalue weighted by molar-refractivity contribution is 5.85. The molecule has 0 bridgehead atoms. The Morgan fingerprint density at radius 3 is 2.83 bits per heavy atom. The smallest absolute Gasteiger partial charge is 0.322 e. The van der Waals surface area contributed by atoms with E-state index < -0.39 is 0 Å². The number of carbonyl (C=O) groups excluding carboxylic acids is 1. The van der Waals surface area contributed by atoms with Crippen molar-refractivity contribution in [2.75, 3.05) is 13.7 Å². The number of halogens is 1. The Balaban J connectivity index is 0.00000121. The number of nitrogens with one attached hydrogen (secondary N) is 1. The fraction of sp³-hybridized carbons (Fsp3) is 0.875. The van der Waals surface area contributed by atoms with Gasteiger partial charge in [-0.1, -0.05) is 12.8 Å². The van der Waals surface area contributed by atoms with Crippen molar-refractivity contribution in [3.63, 3.8) is 0 Å². The van der Waals surface area contributed by atoms with Gasteiger partial charge in [0.2, 0.25) is 0 Å². The molecule has 1 heterocycles. The van der Waals surface area contributed by atoms with Crippen molar-refractivity contribution in [1.29, 1.82) is 0 Å². The Labute approximate surface area is 79.3 Å². The van der Waals surface area contributed by atoms with E-state index in [9.17, 15) is 4.79 Å². The van der Waals surface area contributed by atoms with Crippen LogP contribution in [0.3, 0.4) is 0 Å². The molecule has 0 radical (unpaired) electrons. The Morgan fingerprint density at radius 1 is 1.42 bits per heavy atom. The number of rotatable bonds is 1. The van der Waals surface area contributed by atoms with Crippen molar-refractivity contribution in [3.05, 3.63) is 0 Å². The summed E-state index contributed by atoms with van der Waals surface area (Å²) in [4.78, 5) is 11.0. The van der Waals surface area contributed by atoms with Crippen LogP contribution in [-0.4, -0.2) is 25.7 Å². The molecule has 1 N–H and O–H groups in total. The molecule has 1 atom stereocenters. The van der Waals surface area contributed by atoms with Gasteiger partial charge in [-0.25, -0.2) is 0 Å². The number of carbonyl (C=O) groups is 1. The second kappa shape index (κ2) is 6.26. The Morgan fingerprint density at radius 2 is 2.17 bits per heavy atom. The lowest BCUT2D eigenvalue weighted by molar-refractivity contribution is -0.143. The molecule has 1 unspecified atom stereocenters. The van der Waals surface area contributed by atoms with Crippen LogP contribution in [0.2, 0.25) is 0 Å². The van der Waals surface area contributed by atoms with Crippen LogP contribution in [0.5, 0.6) is 0 Å². The van der Waals surface area contributed by atoms with Gasteiger partial charge < -0.3 is 10.1 Å². The van der Waals surface area contributed by atoms with E-state index in [2.05, 4.69) is 10.1 Å². The summed E-state index contributed by atoms with van der Waals surface area (Å²) in [7, 11) is 1.44. The topological polar surface area (TPSA) is 38.3 Å². The van der Waals surface area contributed by atoms with Crippen molar-refractivity contribution in [2.24, 2.45) is 0 Å². The van der Waals surface area contributed by atoms with Gasteiger partial charge in [-0.05, 0) is 19.4 Å². The van der Waals surface area contributed by atoms with Gasteiger partial charge in [0.1, 0.15) is 6.04 Å². The summed E-state index contributed by atoms with van der Waals surface area (Å²) in [5.41, 5.74) is 0. The molecule has 1 rings (SSSR count). The van der Waals surface area contributed by atoms with E-state index in [4.69, 9.17) is 0 Å². The average Bonchev–Trinajstić information content (AvgIpc) is 2.30. The molecule has 0 spiro atoms. The first-order chi connectivity index (χ1) is 5.34. The molecule has 0 aromatic rings. The lowest BCUT2D eigenvalue weighted by Crippen LogP contribution is -2.36. The van der Waals surface area contributed by atoms with Crippen LogP contribution in [0, 0.1) is 0 Å². The van der Waals surface area contributed by atoms with Crippen LogP contribution in [0.1, 0.15) is 25.7 Å². The second-order valence-electron chi connectivity index (χ2n) is 2.88. The van der Waals surface area contributed by atoms with Crippen molar-refractivity contribution in [3.8, 4) is 0 Å². The van der Waals surface area contributed by atoms with Crippen molar-refractivity contribution in [2.45, 2.75) is 31.7 Å². The maximum absolute atomic E-state index is 11.0. The summed E-state index contributed by atoms with van der Waals surface area (Å²) >= 11 is 0. The first-order valence-corrected chi connectivity index (χ1v) is 4.16. The number of ether oxygens (including phenoxy) is 1. The lowest BCUT2D eigenvalue weighted by Gasteiger charge is -2.11. The van der Waals surface area contributed by atoms with E-state index in [-0.39, 0.29) is 24.4 Å². The predicted octanol–water partition coefficient (Wildman–Crippen LogP) is 1.11. The molecule has 0 saturated carbocycles. The fourth-order valence-corrected chi connectivity index (χ4v) is 1.37. The van der Waals surface area contributed by atoms with Gasteiger partial charge in [0.05, 0.1) is 7.11 Å². The standard InChI is InChI=1S/C8H15NO2.ClH/c1-11-8(10)7-5-3-2-4-6-9-7;/h7,9H,2-6H2,1H3;1H. The number of esters is 1. The van der Waals surface area contributed by atoms with Crippen molar-refractivity contribution >= 4 is 18.4 Å². The minimum Gasteiger partial charge on any atom is -0.468 e. The fourth-order valence-electron chi connectivity index (χ4n) is 1.37. The molecule has 1 aliphatic heterocycles. The third-order valence-corrected chi connectivity index (χ3v) is 2.05. The SMILES string of the molecule is COC(=O)C1CCCCCN1.Cl. The normalized spacial score (nSPS) is 23.6. The molecule has 12 heavy (non-hydrogen) atoms. The molecule has 4 heteroatoms. The second-order valence-corrected chi connectivity index (χ2v) is 2.88. The number of hydrogen-bond donors (Lipinski definition) is 1. The Kier molecular flexibility index (Phi) is 6.11. The monoisotopic (exact) mass is 193 g/mol. The largest absolute Gasteiger partial charge is 0.468 e. The highest BCUT2D eigenvalue weighted by atomic mass is 35.5. The maximum atomic E-state index is 11.0. The van der Waals surface area contributed by atoms with Crippen LogP contribution >= 0.6 is 12.4 Å². The molecule has 0 aromatic carbocycles. The van der Waals surface area contributed by atoms with Gasteiger partial charge in [-0.15, -0.1) is 12.4 Å². The lowest BCUT2D eigenvalue weighted by atomic mass is 10.1. The van der Waals surface area contributed by atoms with E-state index in [1.807, 2.05) is 0 Å². The van der Waals surface area contributed by atoms with Crippen molar-refractivity contribution in [1.82, 2.24) is 5.32 Å². The summed E-state index contributed by atoms with van der Waals surface area (Å²) in [6, 6.07) is -0.0532. The van der Waals surface area contributed by atoms with Crippen LogP contribution in [0.25, 0.3) is 0 Å². The van der Waals surface area contributed by atoms with Gasteiger partial charge in [-0.3, -0.25) is 4.79 Å². The zero-order valence-corrected chi connectivity index (χ0v) is 8.15. The highest BCUT2D eigenvalue weighted by Crippen LogP contribution is 2.08. The van der Waals surface area contributed by atoms with Gasteiger partial charge >= 0.3 is 5.97 Å². The van der Waals surface area contributed by atoms with Crippen molar-refractivity contribution < 1.29 is 9.53 Å². The summed E-state index contributed by atoms with van der Waals surface area (Å²) in [5.74, 6) is -0.119. The predicted molar refractivity (Wildman–Crippen MR) is 49.5 cm³/mol. The third kappa shape index (κ3) is 3.41. The molecule has 0 amide bonds. The molecule has 1 fully saturated rings. The van der Waals surface area contributed by atoms with E-state index in [0.29, 0.717) is 0 Å². The minimum atomic E-state index is -0.119. The van der Waals surface area contributed by atoms with E-state index in [1.54, 1.807) is 0 Å².